The molecule has 1 rings (SSSR count). The molecular weight excluding hydrogens is 295 g/mol. The molecular formula is C11H12BrClO3. The van der Waals surface area contributed by atoms with E-state index in [1.807, 2.05) is 0 Å². The Morgan fingerprint density at radius 1 is 1.50 bits per heavy atom. The number of benzene rings is 1. The van der Waals surface area contributed by atoms with E-state index in [9.17, 15) is 4.79 Å². The first-order valence-electron chi connectivity index (χ1n) is 4.76. The number of esters is 1. The number of hydrogen-bond donors (Lipinski definition) is 0. The fourth-order valence-corrected chi connectivity index (χ4v) is 2.29. The number of carbonyl (C=O) groups excluding carboxylic acids is 1. The second-order valence-electron chi connectivity index (χ2n) is 3.06. The maximum atomic E-state index is 11.4. The molecule has 0 N–H and O–H groups in total. The van der Waals surface area contributed by atoms with Crippen molar-refractivity contribution in [2.75, 3.05) is 13.7 Å². The van der Waals surface area contributed by atoms with Gasteiger partial charge in [0.25, 0.3) is 0 Å². The van der Waals surface area contributed by atoms with Crippen LogP contribution < -0.4 is 4.74 Å². The molecule has 0 saturated carbocycles. The van der Waals surface area contributed by atoms with Crippen LogP contribution in [0.2, 0.25) is 5.02 Å². The molecule has 3 nitrogen and oxygen atoms in total. The Balaban J connectivity index is 2.97. The molecule has 88 valence electrons. The maximum Gasteiger partial charge on any atom is 0.310 e. The third kappa shape index (κ3) is 3.39. The molecule has 0 amide bonds. The molecule has 0 fully saturated rings. The topological polar surface area (TPSA) is 35.5 Å². The Labute approximate surface area is 108 Å². The summed E-state index contributed by atoms with van der Waals surface area (Å²) in [6, 6.07) is 3.51. The lowest BCUT2D eigenvalue weighted by atomic mass is 10.1. The number of halogens is 2. The summed E-state index contributed by atoms with van der Waals surface area (Å²) in [5.41, 5.74) is 0.709. The van der Waals surface area contributed by atoms with Crippen LogP contribution in [0.25, 0.3) is 0 Å². The van der Waals surface area contributed by atoms with E-state index in [2.05, 4.69) is 15.9 Å². The van der Waals surface area contributed by atoms with Crippen molar-refractivity contribution in [3.63, 3.8) is 0 Å². The van der Waals surface area contributed by atoms with Crippen LogP contribution in [0, 0.1) is 0 Å². The summed E-state index contributed by atoms with van der Waals surface area (Å²) in [6.45, 7) is 2.13. The Hall–Kier alpha value is -0.740. The Morgan fingerprint density at radius 2 is 2.19 bits per heavy atom. The zero-order chi connectivity index (χ0) is 12.1. The van der Waals surface area contributed by atoms with E-state index < -0.39 is 0 Å². The lowest BCUT2D eigenvalue weighted by molar-refractivity contribution is -0.142. The molecule has 0 saturated heterocycles. The summed E-state index contributed by atoms with van der Waals surface area (Å²) >= 11 is 9.30. The van der Waals surface area contributed by atoms with E-state index in [0.717, 1.165) is 4.47 Å². The maximum absolute atomic E-state index is 11.4. The van der Waals surface area contributed by atoms with Crippen molar-refractivity contribution in [3.05, 3.63) is 27.2 Å². The summed E-state index contributed by atoms with van der Waals surface area (Å²) in [4.78, 5) is 11.4. The smallest absolute Gasteiger partial charge is 0.310 e. The highest BCUT2D eigenvalue weighted by atomic mass is 79.9. The lowest BCUT2D eigenvalue weighted by Gasteiger charge is -2.10. The van der Waals surface area contributed by atoms with Crippen molar-refractivity contribution >= 4 is 33.5 Å². The predicted molar refractivity (Wildman–Crippen MR) is 66.0 cm³/mol. The largest absolute Gasteiger partial charge is 0.495 e. The number of hydrogen-bond acceptors (Lipinski definition) is 3. The van der Waals surface area contributed by atoms with E-state index in [1.165, 1.54) is 7.11 Å². The summed E-state index contributed by atoms with van der Waals surface area (Å²) in [5.74, 6) is 0.216. The lowest BCUT2D eigenvalue weighted by Crippen LogP contribution is -2.08. The van der Waals surface area contributed by atoms with Crippen LogP contribution in [-0.4, -0.2) is 19.7 Å². The SMILES string of the molecule is CCOC(=O)Cc1cc(Br)cc(Cl)c1OC. The van der Waals surface area contributed by atoms with Gasteiger partial charge in [-0.15, -0.1) is 0 Å². The normalized spacial score (nSPS) is 10.0. The number of ether oxygens (including phenoxy) is 2. The van der Waals surface area contributed by atoms with Crippen molar-refractivity contribution in [3.8, 4) is 5.75 Å². The molecule has 5 heteroatoms. The van der Waals surface area contributed by atoms with Crippen LogP contribution in [0.3, 0.4) is 0 Å². The Kier molecular flexibility index (Phi) is 5.09. The zero-order valence-corrected chi connectivity index (χ0v) is 11.4. The second-order valence-corrected chi connectivity index (χ2v) is 4.38. The van der Waals surface area contributed by atoms with Gasteiger partial charge < -0.3 is 9.47 Å². The van der Waals surface area contributed by atoms with Crippen LogP contribution in [0.4, 0.5) is 0 Å². The quantitative estimate of drug-likeness (QED) is 0.801. The van der Waals surface area contributed by atoms with E-state index >= 15 is 0 Å². The van der Waals surface area contributed by atoms with Gasteiger partial charge in [-0.1, -0.05) is 27.5 Å². The number of carbonyl (C=O) groups is 1. The van der Waals surface area contributed by atoms with Crippen LogP contribution in [0.1, 0.15) is 12.5 Å². The number of methoxy groups -OCH3 is 1. The monoisotopic (exact) mass is 306 g/mol. The van der Waals surface area contributed by atoms with Gasteiger partial charge in [0, 0.05) is 10.0 Å². The van der Waals surface area contributed by atoms with E-state index in [-0.39, 0.29) is 12.4 Å². The molecule has 0 aliphatic rings. The minimum Gasteiger partial charge on any atom is -0.495 e. The van der Waals surface area contributed by atoms with Crippen molar-refractivity contribution in [1.82, 2.24) is 0 Å². The first-order chi connectivity index (χ1) is 7.58. The fourth-order valence-electron chi connectivity index (χ4n) is 1.34. The molecule has 1 aromatic rings. The van der Waals surface area contributed by atoms with Gasteiger partial charge in [0.15, 0.2) is 0 Å². The highest BCUT2D eigenvalue weighted by Gasteiger charge is 2.13. The van der Waals surface area contributed by atoms with E-state index in [1.54, 1.807) is 19.1 Å². The molecule has 0 radical (unpaired) electrons. The molecule has 0 spiro atoms. The van der Waals surface area contributed by atoms with Crippen molar-refractivity contribution in [1.29, 1.82) is 0 Å². The minimum absolute atomic E-state index is 0.149. The molecule has 0 aliphatic carbocycles. The highest BCUT2D eigenvalue weighted by molar-refractivity contribution is 9.10. The Morgan fingerprint density at radius 3 is 2.75 bits per heavy atom. The van der Waals surface area contributed by atoms with Crippen LogP contribution >= 0.6 is 27.5 Å². The standard InChI is InChI=1S/C11H12BrClO3/c1-3-16-10(14)5-7-4-8(12)6-9(13)11(7)15-2/h4,6H,3,5H2,1-2H3. The van der Waals surface area contributed by atoms with Gasteiger partial charge in [0.2, 0.25) is 0 Å². The summed E-state index contributed by atoms with van der Waals surface area (Å²) in [6.07, 6.45) is 0.149. The van der Waals surface area contributed by atoms with Gasteiger partial charge in [0.05, 0.1) is 25.2 Å². The van der Waals surface area contributed by atoms with Crippen LogP contribution in [-0.2, 0) is 16.0 Å². The molecule has 0 unspecified atom stereocenters. The summed E-state index contributed by atoms with van der Waals surface area (Å²) in [7, 11) is 1.52. The molecule has 1 aromatic carbocycles. The first-order valence-corrected chi connectivity index (χ1v) is 5.93. The van der Waals surface area contributed by atoms with Gasteiger partial charge in [-0.3, -0.25) is 4.79 Å². The van der Waals surface area contributed by atoms with Gasteiger partial charge >= 0.3 is 5.97 Å². The minimum atomic E-state index is -0.296. The van der Waals surface area contributed by atoms with Crippen molar-refractivity contribution in [2.24, 2.45) is 0 Å². The van der Waals surface area contributed by atoms with Gasteiger partial charge in [-0.2, -0.15) is 0 Å². The van der Waals surface area contributed by atoms with Gasteiger partial charge in [-0.05, 0) is 19.1 Å². The molecule has 16 heavy (non-hydrogen) atoms. The van der Waals surface area contributed by atoms with E-state index in [4.69, 9.17) is 21.1 Å². The molecule has 0 aliphatic heterocycles. The average molecular weight is 308 g/mol. The fraction of sp³-hybridized carbons (Fsp3) is 0.364. The van der Waals surface area contributed by atoms with E-state index in [0.29, 0.717) is 22.9 Å². The van der Waals surface area contributed by atoms with Crippen LogP contribution in [0.15, 0.2) is 16.6 Å². The molecule has 0 bridgehead atoms. The third-order valence-electron chi connectivity index (χ3n) is 1.93. The van der Waals surface area contributed by atoms with Crippen LogP contribution in [0.5, 0.6) is 5.75 Å². The van der Waals surface area contributed by atoms with Crippen molar-refractivity contribution < 1.29 is 14.3 Å². The predicted octanol–water partition coefficient (Wildman–Crippen LogP) is 3.22. The van der Waals surface area contributed by atoms with Gasteiger partial charge in [0.1, 0.15) is 5.75 Å². The molecule has 0 atom stereocenters. The summed E-state index contributed by atoms with van der Waals surface area (Å²) < 4.78 is 10.8. The average Bonchev–Trinajstić information content (AvgIpc) is 2.17. The van der Waals surface area contributed by atoms with Gasteiger partial charge in [-0.25, -0.2) is 0 Å². The highest BCUT2D eigenvalue weighted by Crippen LogP contribution is 2.32. The second kappa shape index (κ2) is 6.11. The molecule has 0 heterocycles. The number of rotatable bonds is 4. The zero-order valence-electron chi connectivity index (χ0n) is 9.05. The first kappa shape index (κ1) is 13.3. The third-order valence-corrected chi connectivity index (χ3v) is 2.67. The van der Waals surface area contributed by atoms with Crippen molar-refractivity contribution in [2.45, 2.75) is 13.3 Å². The molecule has 0 aromatic heterocycles. The Bertz CT molecular complexity index is 393. The summed E-state index contributed by atoms with van der Waals surface area (Å²) in [5, 5.41) is 0.469.